The van der Waals surface area contributed by atoms with Gasteiger partial charge in [-0.3, -0.25) is 15.5 Å². The van der Waals surface area contributed by atoms with Gasteiger partial charge in [-0.2, -0.15) is 0 Å². The van der Waals surface area contributed by atoms with E-state index in [0.717, 1.165) is 0 Å². The highest BCUT2D eigenvalue weighted by atomic mass is 32.1. The van der Waals surface area contributed by atoms with E-state index in [0.29, 0.717) is 0 Å². The second-order valence-corrected chi connectivity index (χ2v) is 17.5. The fourth-order valence-electron chi connectivity index (χ4n) is 9.50. The van der Waals surface area contributed by atoms with Crippen LogP contribution < -0.4 is 10.6 Å². The summed E-state index contributed by atoms with van der Waals surface area (Å²) in [4.78, 5) is 2.43. The minimum atomic E-state index is -0.0199. The molecule has 1 fully saturated rings. The first-order valence-electron chi connectivity index (χ1n) is 19.9. The minimum Gasteiger partial charge on any atom is -0.308 e. The molecule has 3 unspecified atom stereocenters. The van der Waals surface area contributed by atoms with Crippen molar-refractivity contribution >= 4 is 84.8 Å². The standard InChI is InChI=1S/C52H38N4S2/c1-55-51(33-17-6-3-7-18-33)53-50(32-15-4-2-5-16-32)54-52(55)34-29-30-45-41(31-34)47-37(21-14-28-46(47)57-45)38-22-12-23-39-40-24-13-27-44(49(40)58-48(38)39)56-42-25-10-8-19-35(42)36-20-9-11-26-43(36)56/h2-31,50-54H,1H3. The molecule has 0 aliphatic carbocycles. The second-order valence-electron chi connectivity index (χ2n) is 15.4. The molecule has 1 saturated heterocycles. The summed E-state index contributed by atoms with van der Waals surface area (Å²) >= 11 is 3.81. The maximum Gasteiger partial charge on any atom is 0.0888 e. The first-order chi connectivity index (χ1) is 28.7. The molecule has 4 nitrogen and oxygen atoms in total. The van der Waals surface area contributed by atoms with Gasteiger partial charge in [-0.05, 0) is 65.7 Å². The van der Waals surface area contributed by atoms with Gasteiger partial charge in [-0.1, -0.05) is 146 Å². The van der Waals surface area contributed by atoms with Crippen LogP contribution in [0.1, 0.15) is 35.2 Å². The molecule has 8 aromatic carbocycles. The van der Waals surface area contributed by atoms with Gasteiger partial charge in [0.15, 0.2) is 0 Å². The molecule has 4 heterocycles. The van der Waals surface area contributed by atoms with Crippen molar-refractivity contribution < 1.29 is 0 Å². The Balaban J connectivity index is 1.03. The van der Waals surface area contributed by atoms with Crippen molar-refractivity contribution in [1.82, 2.24) is 20.1 Å². The Morgan fingerprint density at radius 3 is 1.76 bits per heavy atom. The molecule has 1 aliphatic rings. The maximum atomic E-state index is 3.98. The molecule has 2 N–H and O–H groups in total. The third-order valence-corrected chi connectivity index (χ3v) is 14.6. The zero-order valence-electron chi connectivity index (χ0n) is 31.8. The smallest absolute Gasteiger partial charge is 0.0888 e. The fourth-order valence-corrected chi connectivity index (χ4v) is 11.9. The molecule has 1 aliphatic heterocycles. The van der Waals surface area contributed by atoms with Crippen LogP contribution in [-0.2, 0) is 0 Å². The first kappa shape index (κ1) is 34.0. The van der Waals surface area contributed by atoms with E-state index < -0.39 is 0 Å². The van der Waals surface area contributed by atoms with Gasteiger partial charge >= 0.3 is 0 Å². The number of thiophene rings is 2. The molecule has 11 aromatic rings. The van der Waals surface area contributed by atoms with Crippen LogP contribution in [0.2, 0.25) is 0 Å². The number of benzene rings is 8. The number of aromatic nitrogens is 1. The van der Waals surface area contributed by atoms with Crippen LogP contribution in [0.5, 0.6) is 0 Å². The molecule has 3 aromatic heterocycles. The third kappa shape index (κ3) is 5.24. The zero-order chi connectivity index (χ0) is 38.3. The lowest BCUT2D eigenvalue weighted by Crippen LogP contribution is -2.54. The molecule has 6 heteroatoms. The Morgan fingerprint density at radius 2 is 1.02 bits per heavy atom. The van der Waals surface area contributed by atoms with E-state index >= 15 is 0 Å². The molecule has 278 valence electrons. The van der Waals surface area contributed by atoms with Crippen LogP contribution in [-0.4, -0.2) is 16.5 Å². The van der Waals surface area contributed by atoms with Crippen molar-refractivity contribution in [3.8, 4) is 16.8 Å². The molecular weight excluding hydrogens is 745 g/mol. The molecule has 12 rings (SSSR count). The van der Waals surface area contributed by atoms with Crippen molar-refractivity contribution in [3.63, 3.8) is 0 Å². The van der Waals surface area contributed by atoms with Gasteiger partial charge in [-0.15, -0.1) is 22.7 Å². The molecule has 0 saturated carbocycles. The highest BCUT2D eigenvalue weighted by Gasteiger charge is 2.35. The Bertz CT molecular complexity index is 3290. The SMILES string of the molecule is CN1C(c2ccccc2)NC(c2ccccc2)NC1c1ccc2sc3cccc(-c4cccc5c4sc4c(-n6c7ccccc7c7ccccc76)cccc45)c3c2c1. The average Bonchev–Trinajstić information content (AvgIpc) is 3.97. The fraction of sp³-hybridized carbons (Fsp3) is 0.0769. The minimum absolute atomic E-state index is 0.0175. The number of nitrogens with zero attached hydrogens (tertiary/aromatic N) is 2. The lowest BCUT2D eigenvalue weighted by Gasteiger charge is -2.45. The summed E-state index contributed by atoms with van der Waals surface area (Å²) in [5.41, 5.74) is 10.00. The lowest BCUT2D eigenvalue weighted by molar-refractivity contribution is 0.0416. The molecule has 0 bridgehead atoms. The Hall–Kier alpha value is -6.12. The van der Waals surface area contributed by atoms with Crippen molar-refractivity contribution in [1.29, 1.82) is 0 Å². The van der Waals surface area contributed by atoms with E-state index in [2.05, 4.69) is 209 Å². The van der Waals surface area contributed by atoms with Crippen LogP contribution in [0.3, 0.4) is 0 Å². The van der Waals surface area contributed by atoms with Gasteiger partial charge in [0.1, 0.15) is 0 Å². The van der Waals surface area contributed by atoms with E-state index in [4.69, 9.17) is 0 Å². The van der Waals surface area contributed by atoms with Gasteiger partial charge in [0.05, 0.1) is 39.9 Å². The van der Waals surface area contributed by atoms with Crippen LogP contribution >= 0.6 is 22.7 Å². The highest BCUT2D eigenvalue weighted by Crippen LogP contribution is 2.48. The van der Waals surface area contributed by atoms with E-state index in [-0.39, 0.29) is 18.5 Å². The van der Waals surface area contributed by atoms with Gasteiger partial charge in [0.25, 0.3) is 0 Å². The number of hydrogen-bond acceptors (Lipinski definition) is 5. The molecule has 3 atom stereocenters. The zero-order valence-corrected chi connectivity index (χ0v) is 33.4. The van der Waals surface area contributed by atoms with Crippen LogP contribution in [0, 0.1) is 0 Å². The van der Waals surface area contributed by atoms with Gasteiger partial charge in [-0.25, -0.2) is 0 Å². The first-order valence-corrected chi connectivity index (χ1v) is 21.6. The molecule has 0 radical (unpaired) electrons. The van der Waals surface area contributed by atoms with Crippen molar-refractivity contribution in [3.05, 3.63) is 199 Å². The van der Waals surface area contributed by atoms with E-state index in [1.54, 1.807) is 0 Å². The van der Waals surface area contributed by atoms with Crippen LogP contribution in [0.15, 0.2) is 182 Å². The summed E-state index contributed by atoms with van der Waals surface area (Å²) in [7, 11) is 2.22. The summed E-state index contributed by atoms with van der Waals surface area (Å²) < 4.78 is 7.71. The predicted molar refractivity (Wildman–Crippen MR) is 247 cm³/mol. The van der Waals surface area contributed by atoms with E-state index in [1.165, 1.54) is 95.7 Å². The van der Waals surface area contributed by atoms with Crippen molar-refractivity contribution in [2.45, 2.75) is 18.5 Å². The topological polar surface area (TPSA) is 32.2 Å². The van der Waals surface area contributed by atoms with Gasteiger partial charge in [0, 0.05) is 52.0 Å². The van der Waals surface area contributed by atoms with E-state index in [1.807, 2.05) is 22.7 Å². The summed E-state index contributed by atoms with van der Waals surface area (Å²) in [6.07, 6.45) is -0.00867. The van der Waals surface area contributed by atoms with Crippen LogP contribution in [0.4, 0.5) is 0 Å². The quantitative estimate of drug-likeness (QED) is 0.182. The van der Waals surface area contributed by atoms with Gasteiger partial charge < -0.3 is 4.57 Å². The molecular formula is C52H38N4S2. The summed E-state index contributed by atoms with van der Waals surface area (Å²) in [5.74, 6) is 0. The highest BCUT2D eigenvalue weighted by molar-refractivity contribution is 7.27. The Kier molecular flexibility index (Phi) is 7.90. The Labute approximate surface area is 344 Å². The van der Waals surface area contributed by atoms with E-state index in [9.17, 15) is 0 Å². The number of nitrogens with one attached hydrogen (secondary N) is 2. The maximum absolute atomic E-state index is 3.98. The van der Waals surface area contributed by atoms with Gasteiger partial charge in [0.2, 0.25) is 0 Å². The summed E-state index contributed by atoms with van der Waals surface area (Å²) in [6.45, 7) is 0. The normalized spacial score (nSPS) is 17.7. The molecule has 58 heavy (non-hydrogen) atoms. The largest absolute Gasteiger partial charge is 0.308 e. The predicted octanol–water partition coefficient (Wildman–Crippen LogP) is 13.7. The Morgan fingerprint density at radius 1 is 0.431 bits per heavy atom. The number of rotatable bonds is 5. The average molecular weight is 783 g/mol. The van der Waals surface area contributed by atoms with Crippen molar-refractivity contribution in [2.75, 3.05) is 7.05 Å². The monoisotopic (exact) mass is 782 g/mol. The molecule has 0 spiro atoms. The lowest BCUT2D eigenvalue weighted by atomic mass is 9.96. The second kappa shape index (κ2) is 13.5. The summed E-state index contributed by atoms with van der Waals surface area (Å²) in [5, 5.41) is 15.7. The third-order valence-electron chi connectivity index (χ3n) is 12.2. The number of fused-ring (bicyclic) bond motifs is 9. The van der Waals surface area contributed by atoms with Crippen LogP contribution in [0.25, 0.3) is 79.0 Å². The molecule has 0 amide bonds. The van der Waals surface area contributed by atoms with Crippen molar-refractivity contribution in [2.24, 2.45) is 0 Å². The summed E-state index contributed by atoms with van der Waals surface area (Å²) in [6, 6.07) is 66.8. The number of para-hydroxylation sites is 2. The number of hydrogen-bond donors (Lipinski definition) is 2.